The van der Waals surface area contributed by atoms with Gasteiger partial charge >= 0.3 is 12.2 Å². The molecule has 4 rings (SSSR count). The average molecular weight is 658 g/mol. The maximum atomic E-state index is 15.6. The van der Waals surface area contributed by atoms with E-state index in [1.165, 1.54) is 47.8 Å². The minimum Gasteiger partial charge on any atom is -0.444 e. The number of rotatable bonds is 8. The molecule has 0 radical (unpaired) electrons. The number of ether oxygens (including phenoxy) is 3. The van der Waals surface area contributed by atoms with Gasteiger partial charge in [0.25, 0.3) is 5.69 Å². The summed E-state index contributed by atoms with van der Waals surface area (Å²) in [6.45, 7) is 15.5. The summed E-state index contributed by atoms with van der Waals surface area (Å²) in [7, 11) is -2.50. The Labute approximate surface area is 268 Å². The van der Waals surface area contributed by atoms with Crippen LogP contribution in [0.5, 0.6) is 5.75 Å². The second kappa shape index (κ2) is 13.2. The molecule has 0 N–H and O–H groups in total. The summed E-state index contributed by atoms with van der Waals surface area (Å²) in [5, 5.41) is 10.8. The first-order valence-corrected chi connectivity index (χ1v) is 17.7. The van der Waals surface area contributed by atoms with E-state index in [0.717, 1.165) is 0 Å². The van der Waals surface area contributed by atoms with E-state index in [1.54, 1.807) is 32.9 Å². The van der Waals surface area contributed by atoms with Crippen molar-refractivity contribution in [2.45, 2.75) is 89.9 Å². The van der Waals surface area contributed by atoms with Gasteiger partial charge in [-0.1, -0.05) is 32.9 Å². The smallest absolute Gasteiger partial charge is 0.444 e. The number of non-ortho nitro benzene ring substituents is 1. The minimum atomic E-state index is -2.50. The molecule has 248 valence electrons. The van der Waals surface area contributed by atoms with E-state index >= 15 is 4.39 Å². The Bertz CT molecular complexity index is 1550. The van der Waals surface area contributed by atoms with Crippen LogP contribution in [0, 0.1) is 15.9 Å². The molecule has 1 fully saturated rings. The average Bonchev–Trinajstić information content (AvgIpc) is 3.58. The molecule has 0 unspecified atom stereocenters. The predicted octanol–water partition coefficient (Wildman–Crippen LogP) is 7.53. The molecule has 3 aromatic rings. The van der Waals surface area contributed by atoms with Crippen LogP contribution in [-0.4, -0.2) is 65.8 Å². The fraction of sp³-hybridized carbons (Fsp3) is 0.469. The van der Waals surface area contributed by atoms with Gasteiger partial charge in [0.2, 0.25) is 0 Å². The van der Waals surface area contributed by atoms with Crippen molar-refractivity contribution < 1.29 is 42.0 Å². The van der Waals surface area contributed by atoms with Gasteiger partial charge in [0, 0.05) is 17.7 Å². The third-order valence-electron chi connectivity index (χ3n) is 8.08. The summed E-state index contributed by atoms with van der Waals surface area (Å²) < 4.78 is 44.6. The van der Waals surface area contributed by atoms with E-state index in [0.29, 0.717) is 11.3 Å². The van der Waals surface area contributed by atoms with Crippen molar-refractivity contribution >= 4 is 26.3 Å². The zero-order valence-electron chi connectivity index (χ0n) is 27.2. The van der Waals surface area contributed by atoms with Crippen LogP contribution in [0.25, 0.3) is 11.3 Å². The standard InChI is InChI=1S/C32H40FN3O9Si/c1-31(2,3)44-29(37)35-18-27(45-46(7,8)32(4,5)6)28(43-30(38)42-23-13-11-22(12-14-23)36(39)40)25(35)16-20-9-10-21(15-24(20)33)26-17-34-19-41-26/h9-15,17,19,25,27-28H,16,18H2,1-8H3/t25-,27+,28+/m1/s1. The van der Waals surface area contributed by atoms with Crippen LogP contribution in [0.15, 0.2) is 59.5 Å². The number of nitro groups is 1. The highest BCUT2D eigenvalue weighted by Gasteiger charge is 2.52. The quantitative estimate of drug-likeness (QED) is 0.0784. The molecule has 3 atom stereocenters. The first-order chi connectivity index (χ1) is 21.3. The number of hydrogen-bond acceptors (Lipinski definition) is 10. The number of carbonyl (C=O) groups excluding carboxylic acids is 2. The van der Waals surface area contributed by atoms with Gasteiger partial charge in [0.05, 0.1) is 23.7 Å². The predicted molar refractivity (Wildman–Crippen MR) is 168 cm³/mol. The van der Waals surface area contributed by atoms with E-state index < -0.39 is 55.2 Å². The maximum absolute atomic E-state index is 15.6. The van der Waals surface area contributed by atoms with Crippen LogP contribution >= 0.6 is 0 Å². The lowest BCUT2D eigenvalue weighted by Crippen LogP contribution is -2.49. The third-order valence-corrected chi connectivity index (χ3v) is 12.6. The lowest BCUT2D eigenvalue weighted by Gasteiger charge is -2.39. The number of nitro benzene ring substituents is 1. The first-order valence-electron chi connectivity index (χ1n) is 14.8. The molecule has 46 heavy (non-hydrogen) atoms. The molecule has 1 aromatic heterocycles. The topological polar surface area (TPSA) is 143 Å². The number of aromatic nitrogens is 1. The number of amides is 1. The molecule has 14 heteroatoms. The monoisotopic (exact) mass is 657 g/mol. The van der Waals surface area contributed by atoms with Crippen molar-refractivity contribution in [3.63, 3.8) is 0 Å². The van der Waals surface area contributed by atoms with Gasteiger partial charge in [-0.25, -0.2) is 19.0 Å². The summed E-state index contributed by atoms with van der Waals surface area (Å²) in [5.41, 5.74) is -0.279. The molecule has 1 amide bonds. The Morgan fingerprint density at radius 3 is 2.33 bits per heavy atom. The van der Waals surface area contributed by atoms with Crippen molar-refractivity contribution in [2.24, 2.45) is 0 Å². The molecular weight excluding hydrogens is 617 g/mol. The van der Waals surface area contributed by atoms with Gasteiger partial charge in [0.15, 0.2) is 26.6 Å². The number of halogens is 1. The van der Waals surface area contributed by atoms with E-state index in [2.05, 4.69) is 25.8 Å². The molecular formula is C32H40FN3O9Si. The van der Waals surface area contributed by atoms with Crippen LogP contribution in [0.2, 0.25) is 18.1 Å². The Morgan fingerprint density at radius 1 is 1.11 bits per heavy atom. The molecule has 2 aromatic carbocycles. The molecule has 1 aliphatic heterocycles. The number of hydrogen-bond donors (Lipinski definition) is 0. The van der Waals surface area contributed by atoms with Gasteiger partial charge in [-0.15, -0.1) is 0 Å². The lowest BCUT2D eigenvalue weighted by atomic mass is 9.99. The second-order valence-corrected chi connectivity index (χ2v) is 18.4. The fourth-order valence-electron chi connectivity index (χ4n) is 4.75. The van der Waals surface area contributed by atoms with Crippen LogP contribution in [0.1, 0.15) is 47.1 Å². The summed E-state index contributed by atoms with van der Waals surface area (Å²) in [4.78, 5) is 42.5. The summed E-state index contributed by atoms with van der Waals surface area (Å²) in [5.74, 6) is -0.149. The molecule has 0 saturated carbocycles. The highest BCUT2D eigenvalue weighted by Crippen LogP contribution is 2.40. The number of benzene rings is 2. The summed E-state index contributed by atoms with van der Waals surface area (Å²) >= 11 is 0. The highest BCUT2D eigenvalue weighted by molar-refractivity contribution is 6.74. The van der Waals surface area contributed by atoms with Crippen molar-refractivity contribution in [3.05, 3.63) is 76.6 Å². The number of carbonyl (C=O) groups is 2. The molecule has 0 spiro atoms. The molecule has 1 aliphatic rings. The Hall–Kier alpha value is -4.30. The Balaban J connectivity index is 1.70. The van der Waals surface area contributed by atoms with Crippen LogP contribution in [0.4, 0.5) is 19.7 Å². The maximum Gasteiger partial charge on any atom is 0.514 e. The molecule has 1 saturated heterocycles. The molecule has 12 nitrogen and oxygen atoms in total. The molecule has 0 aliphatic carbocycles. The van der Waals surface area contributed by atoms with E-state index in [9.17, 15) is 19.7 Å². The van der Waals surface area contributed by atoms with Gasteiger partial charge < -0.3 is 23.1 Å². The number of nitrogens with zero attached hydrogens (tertiary/aromatic N) is 3. The van der Waals surface area contributed by atoms with Crippen molar-refractivity contribution in [2.75, 3.05) is 6.54 Å². The van der Waals surface area contributed by atoms with E-state index in [1.807, 2.05) is 13.1 Å². The van der Waals surface area contributed by atoms with Crippen molar-refractivity contribution in [1.82, 2.24) is 9.88 Å². The van der Waals surface area contributed by atoms with Crippen molar-refractivity contribution in [3.8, 4) is 17.1 Å². The highest BCUT2D eigenvalue weighted by atomic mass is 28.4. The Morgan fingerprint density at radius 2 is 1.78 bits per heavy atom. The SMILES string of the molecule is CC(C)(C)OC(=O)N1C[C@H](O[Si](C)(C)C(C)(C)C)[C@@H](OC(=O)Oc2ccc([N+](=O)[O-])cc2)[C@H]1Cc1ccc(-c2cnco2)cc1F. The van der Waals surface area contributed by atoms with Gasteiger partial charge in [-0.2, -0.15) is 0 Å². The minimum absolute atomic E-state index is 0.0132. The lowest BCUT2D eigenvalue weighted by molar-refractivity contribution is -0.384. The summed E-state index contributed by atoms with van der Waals surface area (Å²) in [6, 6.07) is 8.59. The third kappa shape index (κ3) is 8.29. The zero-order chi connectivity index (χ0) is 34.0. The van der Waals surface area contributed by atoms with Crippen LogP contribution in [-0.2, 0) is 20.3 Å². The number of oxazole rings is 1. The van der Waals surface area contributed by atoms with Crippen LogP contribution < -0.4 is 4.74 Å². The van der Waals surface area contributed by atoms with Gasteiger partial charge in [0.1, 0.15) is 23.3 Å². The molecule has 2 heterocycles. The largest absolute Gasteiger partial charge is 0.514 e. The second-order valence-electron chi connectivity index (χ2n) is 13.7. The fourth-order valence-corrected chi connectivity index (χ4v) is 6.07. The normalized spacial score (nSPS) is 18.7. The molecule has 0 bridgehead atoms. The number of likely N-dealkylation sites (tertiary alicyclic amines) is 1. The summed E-state index contributed by atoms with van der Waals surface area (Å²) in [6.07, 6.45) is -0.985. The van der Waals surface area contributed by atoms with E-state index in [4.69, 9.17) is 23.1 Å². The van der Waals surface area contributed by atoms with E-state index in [-0.39, 0.29) is 35.0 Å². The zero-order valence-corrected chi connectivity index (χ0v) is 28.2. The van der Waals surface area contributed by atoms with Gasteiger partial charge in [-0.05, 0) is 69.1 Å². The first kappa shape index (κ1) is 34.6. The Kier molecular flexibility index (Phi) is 9.92. The van der Waals surface area contributed by atoms with Crippen molar-refractivity contribution in [1.29, 1.82) is 0 Å². The van der Waals surface area contributed by atoms with Crippen LogP contribution in [0.3, 0.4) is 0 Å². The van der Waals surface area contributed by atoms with Gasteiger partial charge in [-0.3, -0.25) is 15.0 Å².